The lowest BCUT2D eigenvalue weighted by Gasteiger charge is -2.07. The number of esters is 1. The fraction of sp³-hybridized carbons (Fsp3) is 0.417. The van der Waals surface area contributed by atoms with E-state index in [0.717, 1.165) is 0 Å². The topological polar surface area (TPSA) is 78.4 Å². The molecule has 1 atom stereocenters. The number of furan rings is 1. The van der Waals surface area contributed by atoms with Crippen molar-refractivity contribution in [1.82, 2.24) is 10.2 Å². The Morgan fingerprint density at radius 1 is 1.45 bits per heavy atom. The molecule has 0 N–H and O–H groups in total. The van der Waals surface area contributed by atoms with E-state index in [1.54, 1.807) is 23.9 Å². The largest absolute Gasteiger partial charge is 0.469 e. The van der Waals surface area contributed by atoms with E-state index >= 15 is 0 Å². The van der Waals surface area contributed by atoms with Gasteiger partial charge >= 0.3 is 5.97 Å². The number of carbonyl (C=O) groups excluding carboxylic acids is 1. The maximum atomic E-state index is 11.1. The second-order valence-corrected chi connectivity index (χ2v) is 6.21. The van der Waals surface area contributed by atoms with Crippen LogP contribution in [0.25, 0.3) is 11.7 Å². The minimum atomic E-state index is -0.225. The van der Waals surface area contributed by atoms with Gasteiger partial charge in [0.15, 0.2) is 10.4 Å². The molecule has 0 aromatic carbocycles. The van der Waals surface area contributed by atoms with E-state index < -0.39 is 0 Å². The molecule has 0 aliphatic heterocycles. The van der Waals surface area contributed by atoms with Crippen LogP contribution in [0.4, 0.5) is 0 Å². The Morgan fingerprint density at radius 2 is 2.25 bits per heavy atom. The Labute approximate surface area is 128 Å². The van der Waals surface area contributed by atoms with Crippen molar-refractivity contribution in [2.75, 3.05) is 7.11 Å². The van der Waals surface area contributed by atoms with Crippen molar-refractivity contribution < 1.29 is 18.4 Å². The van der Waals surface area contributed by atoms with Crippen molar-refractivity contribution in [3.05, 3.63) is 22.7 Å². The van der Waals surface area contributed by atoms with Gasteiger partial charge in [0.05, 0.1) is 19.3 Å². The van der Waals surface area contributed by atoms with Gasteiger partial charge in [-0.05, 0) is 28.1 Å². The van der Waals surface area contributed by atoms with Crippen LogP contribution in [0.5, 0.6) is 0 Å². The molecule has 108 valence electrons. The third-order valence-electron chi connectivity index (χ3n) is 2.42. The third kappa shape index (κ3) is 4.11. The first-order chi connectivity index (χ1) is 9.58. The van der Waals surface area contributed by atoms with Crippen molar-refractivity contribution in [3.8, 4) is 11.7 Å². The summed E-state index contributed by atoms with van der Waals surface area (Å²) in [6.45, 7) is 1.95. The second kappa shape index (κ2) is 6.94. The molecule has 1 unspecified atom stereocenters. The van der Waals surface area contributed by atoms with E-state index in [1.807, 2.05) is 6.92 Å². The lowest BCUT2D eigenvalue weighted by atomic mass is 10.3. The molecule has 0 aliphatic carbocycles. The minimum absolute atomic E-state index is 0.121. The molecular formula is C12H13BrN2O4S. The molecule has 0 saturated carbocycles. The molecule has 8 heteroatoms. The normalized spacial score (nSPS) is 12.3. The van der Waals surface area contributed by atoms with Crippen LogP contribution in [0.1, 0.15) is 19.2 Å². The zero-order chi connectivity index (χ0) is 14.5. The summed E-state index contributed by atoms with van der Waals surface area (Å²) < 4.78 is 16.0. The van der Waals surface area contributed by atoms with Crippen LogP contribution >= 0.6 is 27.7 Å². The number of ether oxygens (including phenoxy) is 1. The average Bonchev–Trinajstić information content (AvgIpc) is 3.04. The summed E-state index contributed by atoms with van der Waals surface area (Å²) in [5.41, 5.74) is 0. The smallest absolute Gasteiger partial charge is 0.306 e. The first-order valence-electron chi connectivity index (χ1n) is 5.85. The van der Waals surface area contributed by atoms with Gasteiger partial charge in [0.2, 0.25) is 5.89 Å². The number of hydrogen-bond donors (Lipinski definition) is 0. The lowest BCUT2D eigenvalue weighted by Crippen LogP contribution is -2.08. The molecule has 0 aliphatic rings. The first-order valence-corrected chi connectivity index (χ1v) is 7.69. The Hall–Kier alpha value is -1.28. The van der Waals surface area contributed by atoms with E-state index in [-0.39, 0.29) is 11.2 Å². The van der Waals surface area contributed by atoms with Gasteiger partial charge in [-0.3, -0.25) is 4.79 Å². The molecule has 6 nitrogen and oxygen atoms in total. The Balaban J connectivity index is 1.88. The number of thioether (sulfide) groups is 1. The fourth-order valence-corrected chi connectivity index (χ4v) is 2.54. The van der Waals surface area contributed by atoms with Crippen LogP contribution in [0.3, 0.4) is 0 Å². The predicted octanol–water partition coefficient (Wildman–Crippen LogP) is 3.28. The standard InChI is InChI=1S/C12H13BrN2O4S/c1-7(5-11(16)17-2)20-6-10-14-15-12(19-10)8-3-4-9(13)18-8/h3-4,7H,5-6H2,1-2H3. The highest BCUT2D eigenvalue weighted by atomic mass is 79.9. The Bertz CT molecular complexity index is 584. The van der Waals surface area contributed by atoms with Gasteiger partial charge in [-0.2, -0.15) is 0 Å². The van der Waals surface area contributed by atoms with Gasteiger partial charge in [0, 0.05) is 5.25 Å². The number of rotatable bonds is 6. The SMILES string of the molecule is COC(=O)CC(C)SCc1nnc(-c2ccc(Br)o2)o1. The monoisotopic (exact) mass is 360 g/mol. The molecule has 2 rings (SSSR count). The van der Waals surface area contributed by atoms with Gasteiger partial charge < -0.3 is 13.6 Å². The van der Waals surface area contributed by atoms with Crippen LogP contribution in [-0.2, 0) is 15.3 Å². The Morgan fingerprint density at radius 3 is 2.90 bits per heavy atom. The van der Waals surface area contributed by atoms with E-state index in [4.69, 9.17) is 8.83 Å². The summed E-state index contributed by atoms with van der Waals surface area (Å²) in [5.74, 6) is 1.66. The number of carbonyl (C=O) groups is 1. The average molecular weight is 361 g/mol. The van der Waals surface area contributed by atoms with Crippen LogP contribution in [-0.4, -0.2) is 28.5 Å². The van der Waals surface area contributed by atoms with Gasteiger partial charge in [-0.25, -0.2) is 0 Å². The summed E-state index contributed by atoms with van der Waals surface area (Å²) in [7, 11) is 1.38. The van der Waals surface area contributed by atoms with E-state index in [0.29, 0.717) is 34.4 Å². The van der Waals surface area contributed by atoms with Crippen LogP contribution in [0, 0.1) is 0 Å². The second-order valence-electron chi connectivity index (χ2n) is 4.01. The summed E-state index contributed by atoms with van der Waals surface area (Å²) in [6, 6.07) is 3.50. The van der Waals surface area contributed by atoms with Crippen molar-refractivity contribution in [2.45, 2.75) is 24.3 Å². The number of aromatic nitrogens is 2. The van der Waals surface area contributed by atoms with Gasteiger partial charge in [-0.1, -0.05) is 6.92 Å². The van der Waals surface area contributed by atoms with E-state index in [2.05, 4.69) is 30.9 Å². The maximum Gasteiger partial charge on any atom is 0.306 e. The molecule has 0 radical (unpaired) electrons. The van der Waals surface area contributed by atoms with Crippen molar-refractivity contribution >= 4 is 33.7 Å². The number of methoxy groups -OCH3 is 1. The highest BCUT2D eigenvalue weighted by Gasteiger charge is 2.15. The van der Waals surface area contributed by atoms with Crippen molar-refractivity contribution in [2.24, 2.45) is 0 Å². The summed E-state index contributed by atoms with van der Waals surface area (Å²) >= 11 is 4.76. The number of hydrogen-bond acceptors (Lipinski definition) is 7. The molecule has 0 fully saturated rings. The minimum Gasteiger partial charge on any atom is -0.469 e. The van der Waals surface area contributed by atoms with E-state index in [9.17, 15) is 4.79 Å². The van der Waals surface area contributed by atoms with Crippen molar-refractivity contribution in [1.29, 1.82) is 0 Å². The van der Waals surface area contributed by atoms with Gasteiger partial charge in [0.25, 0.3) is 5.89 Å². The quantitative estimate of drug-likeness (QED) is 0.731. The van der Waals surface area contributed by atoms with Crippen molar-refractivity contribution in [3.63, 3.8) is 0 Å². The third-order valence-corrected chi connectivity index (χ3v) is 4.00. The summed E-state index contributed by atoms with van der Waals surface area (Å²) in [4.78, 5) is 11.1. The molecule has 2 aromatic heterocycles. The highest BCUT2D eigenvalue weighted by molar-refractivity contribution is 9.10. The van der Waals surface area contributed by atoms with Crippen LogP contribution < -0.4 is 0 Å². The summed E-state index contributed by atoms with van der Waals surface area (Å²) in [5, 5.41) is 7.98. The molecule has 2 heterocycles. The molecule has 0 bridgehead atoms. The first kappa shape index (κ1) is 15.1. The number of halogens is 1. The number of nitrogens with zero attached hydrogens (tertiary/aromatic N) is 2. The molecule has 20 heavy (non-hydrogen) atoms. The Kier molecular flexibility index (Phi) is 5.24. The molecule has 0 saturated heterocycles. The van der Waals surface area contributed by atoms with Crippen LogP contribution in [0.2, 0.25) is 0 Å². The molecule has 0 spiro atoms. The summed E-state index contributed by atoms with van der Waals surface area (Å²) in [6.07, 6.45) is 0.354. The van der Waals surface area contributed by atoms with Gasteiger partial charge in [0.1, 0.15) is 0 Å². The molecular weight excluding hydrogens is 348 g/mol. The zero-order valence-electron chi connectivity index (χ0n) is 11.0. The zero-order valence-corrected chi connectivity index (χ0v) is 13.4. The highest BCUT2D eigenvalue weighted by Crippen LogP contribution is 2.26. The lowest BCUT2D eigenvalue weighted by molar-refractivity contribution is -0.140. The van der Waals surface area contributed by atoms with Crippen LogP contribution in [0.15, 0.2) is 25.6 Å². The maximum absolute atomic E-state index is 11.1. The fourth-order valence-electron chi connectivity index (χ4n) is 1.43. The molecule has 2 aromatic rings. The molecule has 0 amide bonds. The predicted molar refractivity (Wildman–Crippen MR) is 77.1 cm³/mol. The van der Waals surface area contributed by atoms with Gasteiger partial charge in [-0.15, -0.1) is 22.0 Å². The van der Waals surface area contributed by atoms with E-state index in [1.165, 1.54) is 7.11 Å².